The molecule has 0 spiro atoms. The van der Waals surface area contributed by atoms with E-state index >= 15 is 0 Å². The van der Waals surface area contributed by atoms with E-state index in [4.69, 9.17) is 11.6 Å². The normalized spacial score (nSPS) is 12.8. The van der Waals surface area contributed by atoms with Crippen molar-refractivity contribution in [2.24, 2.45) is 0 Å². The van der Waals surface area contributed by atoms with Gasteiger partial charge in [-0.2, -0.15) is 0 Å². The molecule has 1 aromatic heterocycles. The highest BCUT2D eigenvalue weighted by Crippen LogP contribution is 2.34. The number of hydrogen-bond donors (Lipinski definition) is 2. The molecule has 0 fully saturated rings. The number of anilines is 3. The molecule has 0 saturated heterocycles. The van der Waals surface area contributed by atoms with Gasteiger partial charge >= 0.3 is 0 Å². The van der Waals surface area contributed by atoms with Crippen molar-refractivity contribution in [1.29, 1.82) is 0 Å². The Morgan fingerprint density at radius 1 is 0.800 bits per heavy atom. The average Bonchev–Trinajstić information content (AvgIpc) is 2.75. The molecule has 122 valence electrons. The lowest BCUT2D eigenvalue weighted by atomic mass is 10.1. The molecule has 2 aromatic carbocycles. The van der Waals surface area contributed by atoms with E-state index in [1.54, 1.807) is 30.6 Å². The number of pyridine rings is 1. The second kappa shape index (κ2) is 6.42. The first-order valence-corrected chi connectivity index (χ1v) is 8.17. The van der Waals surface area contributed by atoms with Gasteiger partial charge in [0, 0.05) is 17.4 Å². The molecule has 1 amide bonds. The Labute approximate surface area is 150 Å². The van der Waals surface area contributed by atoms with E-state index in [0.717, 1.165) is 22.5 Å². The topological polar surface area (TPSA) is 54.0 Å². The van der Waals surface area contributed by atoms with Crippen molar-refractivity contribution in [1.82, 2.24) is 4.98 Å². The Bertz CT molecular complexity index is 983. The molecular weight excluding hydrogens is 334 g/mol. The van der Waals surface area contributed by atoms with E-state index in [1.807, 2.05) is 42.5 Å². The predicted molar refractivity (Wildman–Crippen MR) is 102 cm³/mol. The number of hydrogen-bond acceptors (Lipinski definition) is 3. The van der Waals surface area contributed by atoms with Gasteiger partial charge in [-0.15, -0.1) is 0 Å². The van der Waals surface area contributed by atoms with Gasteiger partial charge in [0.1, 0.15) is 0 Å². The van der Waals surface area contributed by atoms with Crippen molar-refractivity contribution in [3.05, 3.63) is 82.6 Å². The number of aromatic nitrogens is 1. The van der Waals surface area contributed by atoms with Crippen LogP contribution in [0.25, 0.3) is 12.2 Å². The fourth-order valence-corrected chi connectivity index (χ4v) is 2.87. The SMILES string of the molecule is O=C1Nc2cc(C=Cc3ccncc3)ccc2Nc2cc(Cl)ccc21. The molecule has 25 heavy (non-hydrogen) atoms. The van der Waals surface area contributed by atoms with Gasteiger partial charge in [-0.1, -0.05) is 29.8 Å². The molecule has 5 heteroatoms. The fourth-order valence-electron chi connectivity index (χ4n) is 2.70. The number of benzene rings is 2. The van der Waals surface area contributed by atoms with Gasteiger partial charge in [-0.25, -0.2) is 0 Å². The quantitative estimate of drug-likeness (QED) is 0.668. The number of fused-ring (bicyclic) bond motifs is 2. The van der Waals surface area contributed by atoms with Crippen LogP contribution in [0.4, 0.5) is 17.1 Å². The zero-order chi connectivity index (χ0) is 17.2. The second-order valence-corrected chi connectivity index (χ2v) is 6.12. The van der Waals surface area contributed by atoms with Crippen LogP contribution >= 0.6 is 11.6 Å². The van der Waals surface area contributed by atoms with Gasteiger partial charge in [0.15, 0.2) is 0 Å². The van der Waals surface area contributed by atoms with Crippen molar-refractivity contribution >= 4 is 46.7 Å². The molecule has 0 bridgehead atoms. The summed E-state index contributed by atoms with van der Waals surface area (Å²) in [7, 11) is 0. The molecule has 2 N–H and O–H groups in total. The molecule has 0 aliphatic carbocycles. The molecular formula is C20H14ClN3O. The molecule has 0 radical (unpaired) electrons. The third-order valence-electron chi connectivity index (χ3n) is 3.96. The fraction of sp³-hybridized carbons (Fsp3) is 0. The zero-order valence-corrected chi connectivity index (χ0v) is 13.9. The van der Waals surface area contributed by atoms with E-state index in [0.29, 0.717) is 16.3 Å². The van der Waals surface area contributed by atoms with Crippen LogP contribution in [0.5, 0.6) is 0 Å². The summed E-state index contributed by atoms with van der Waals surface area (Å²) < 4.78 is 0. The maximum absolute atomic E-state index is 12.5. The minimum absolute atomic E-state index is 0.159. The largest absolute Gasteiger partial charge is 0.353 e. The Kier molecular flexibility index (Phi) is 3.96. The molecule has 1 aliphatic heterocycles. The Balaban J connectivity index is 1.67. The van der Waals surface area contributed by atoms with Gasteiger partial charge in [0.2, 0.25) is 0 Å². The van der Waals surface area contributed by atoms with Gasteiger partial charge in [-0.05, 0) is 53.6 Å². The van der Waals surface area contributed by atoms with Crippen LogP contribution < -0.4 is 10.6 Å². The molecule has 4 rings (SSSR count). The van der Waals surface area contributed by atoms with E-state index in [-0.39, 0.29) is 5.91 Å². The summed E-state index contributed by atoms with van der Waals surface area (Å²) in [5, 5.41) is 6.81. The minimum Gasteiger partial charge on any atom is -0.353 e. The van der Waals surface area contributed by atoms with E-state index in [2.05, 4.69) is 15.6 Å². The average molecular weight is 348 g/mol. The number of amides is 1. The van der Waals surface area contributed by atoms with Crippen LogP contribution in [-0.4, -0.2) is 10.9 Å². The first kappa shape index (κ1) is 15.4. The maximum Gasteiger partial charge on any atom is 0.257 e. The maximum atomic E-state index is 12.5. The van der Waals surface area contributed by atoms with Crippen molar-refractivity contribution < 1.29 is 4.79 Å². The number of nitrogens with one attached hydrogen (secondary N) is 2. The lowest BCUT2D eigenvalue weighted by molar-refractivity contribution is 0.102. The lowest BCUT2D eigenvalue weighted by Crippen LogP contribution is -2.10. The summed E-state index contributed by atoms with van der Waals surface area (Å²) in [5.74, 6) is -0.159. The summed E-state index contributed by atoms with van der Waals surface area (Å²) >= 11 is 6.04. The van der Waals surface area contributed by atoms with Gasteiger partial charge < -0.3 is 10.6 Å². The smallest absolute Gasteiger partial charge is 0.257 e. The van der Waals surface area contributed by atoms with Gasteiger partial charge in [-0.3, -0.25) is 9.78 Å². The Hall–Kier alpha value is -3.11. The highest BCUT2D eigenvalue weighted by molar-refractivity contribution is 6.31. The van der Waals surface area contributed by atoms with E-state index < -0.39 is 0 Å². The van der Waals surface area contributed by atoms with Crippen LogP contribution in [0.15, 0.2) is 60.9 Å². The number of halogens is 1. The number of nitrogens with zero attached hydrogens (tertiary/aromatic N) is 1. The van der Waals surface area contributed by atoms with Crippen LogP contribution in [-0.2, 0) is 0 Å². The second-order valence-electron chi connectivity index (χ2n) is 5.69. The van der Waals surface area contributed by atoms with Crippen molar-refractivity contribution in [2.45, 2.75) is 0 Å². The first-order valence-electron chi connectivity index (χ1n) is 7.79. The highest BCUT2D eigenvalue weighted by atomic mass is 35.5. The summed E-state index contributed by atoms with van der Waals surface area (Å²) in [6.45, 7) is 0. The van der Waals surface area contributed by atoms with Crippen molar-refractivity contribution in [3.8, 4) is 0 Å². The number of carbonyl (C=O) groups excluding carboxylic acids is 1. The van der Waals surface area contributed by atoms with Crippen LogP contribution in [0.1, 0.15) is 21.5 Å². The summed E-state index contributed by atoms with van der Waals surface area (Å²) in [6, 6.07) is 14.9. The highest BCUT2D eigenvalue weighted by Gasteiger charge is 2.19. The number of rotatable bonds is 2. The third-order valence-corrected chi connectivity index (χ3v) is 4.20. The summed E-state index contributed by atoms with van der Waals surface area (Å²) in [4.78, 5) is 16.5. The van der Waals surface area contributed by atoms with E-state index in [1.165, 1.54) is 0 Å². The van der Waals surface area contributed by atoms with Crippen LogP contribution in [0.3, 0.4) is 0 Å². The predicted octanol–water partition coefficient (Wildman–Crippen LogP) is 5.21. The van der Waals surface area contributed by atoms with Crippen LogP contribution in [0, 0.1) is 0 Å². The molecule has 4 nitrogen and oxygen atoms in total. The lowest BCUT2D eigenvalue weighted by Gasteiger charge is -2.09. The molecule has 0 atom stereocenters. The summed E-state index contributed by atoms with van der Waals surface area (Å²) in [5.41, 5.74) is 4.87. The van der Waals surface area contributed by atoms with Crippen molar-refractivity contribution in [3.63, 3.8) is 0 Å². The third kappa shape index (κ3) is 3.25. The Morgan fingerprint density at radius 3 is 2.44 bits per heavy atom. The molecule has 0 unspecified atom stereocenters. The van der Waals surface area contributed by atoms with E-state index in [9.17, 15) is 4.79 Å². The Morgan fingerprint density at radius 2 is 1.60 bits per heavy atom. The zero-order valence-electron chi connectivity index (χ0n) is 13.2. The summed E-state index contributed by atoms with van der Waals surface area (Å²) in [6.07, 6.45) is 7.51. The molecule has 0 saturated carbocycles. The standard InChI is InChI=1S/C20H14ClN3O/c21-15-4-5-16-18(12-15)23-17-6-3-14(11-19(17)24-20(16)25)2-1-13-7-9-22-10-8-13/h1-12,23H,(H,24,25). The molecule has 3 aromatic rings. The van der Waals surface area contributed by atoms with Crippen molar-refractivity contribution in [2.75, 3.05) is 10.6 Å². The van der Waals surface area contributed by atoms with Gasteiger partial charge in [0.25, 0.3) is 5.91 Å². The van der Waals surface area contributed by atoms with Gasteiger partial charge in [0.05, 0.1) is 22.6 Å². The monoisotopic (exact) mass is 347 g/mol. The minimum atomic E-state index is -0.159. The molecule has 2 heterocycles. The number of carbonyl (C=O) groups is 1. The van der Waals surface area contributed by atoms with Crippen LogP contribution in [0.2, 0.25) is 5.02 Å². The first-order chi connectivity index (χ1) is 12.2. The molecule has 1 aliphatic rings.